The number of carbonyl (C=O) groups is 2. The van der Waals surface area contributed by atoms with Gasteiger partial charge in [-0.1, -0.05) is 24.3 Å². The van der Waals surface area contributed by atoms with Crippen LogP contribution in [0.25, 0.3) is 0 Å². The molecule has 154 valence electrons. The number of ether oxygens (including phenoxy) is 3. The zero-order valence-corrected chi connectivity index (χ0v) is 17.2. The van der Waals surface area contributed by atoms with E-state index in [0.29, 0.717) is 35.9 Å². The molecule has 0 saturated carbocycles. The first-order valence-corrected chi connectivity index (χ1v) is 9.45. The number of nitrogens with zero attached hydrogens (tertiary/aromatic N) is 1. The molecule has 3 rings (SSSR count). The molecule has 0 aromatic heterocycles. The quantitative estimate of drug-likeness (QED) is 0.809. The molecule has 29 heavy (non-hydrogen) atoms. The second kappa shape index (κ2) is 8.86. The Morgan fingerprint density at radius 2 is 1.62 bits per heavy atom. The Balaban J connectivity index is 1.71. The smallest absolute Gasteiger partial charge is 0.252 e. The summed E-state index contributed by atoms with van der Waals surface area (Å²) in [6, 6.07) is 10.6. The van der Waals surface area contributed by atoms with Gasteiger partial charge in [-0.15, -0.1) is 0 Å². The molecule has 2 aromatic rings. The molecule has 7 nitrogen and oxygen atoms in total. The maximum atomic E-state index is 12.9. The standard InChI is InChI=1S/C22H26N2O5/c1-14(22(26)24-10-9-15-7-5-6-8-16(15)13-24)23-21(25)17-11-18(27-2)20(29-4)19(12-17)28-3/h5-8,11-12,14H,9-10,13H2,1-4H3,(H,23,25)/t14-/m1/s1. The van der Waals surface area contributed by atoms with E-state index in [1.54, 1.807) is 24.0 Å². The SMILES string of the molecule is COc1cc(C(=O)N[C@H](C)C(=O)N2CCc3ccccc3C2)cc(OC)c1OC. The van der Waals surface area contributed by atoms with Crippen molar-refractivity contribution in [3.05, 3.63) is 53.1 Å². The summed E-state index contributed by atoms with van der Waals surface area (Å²) in [5.74, 6) is 0.665. The molecule has 0 fully saturated rings. The van der Waals surface area contributed by atoms with Crippen molar-refractivity contribution in [2.24, 2.45) is 0 Å². The Labute approximate surface area is 170 Å². The summed E-state index contributed by atoms with van der Waals surface area (Å²) in [6.45, 7) is 2.89. The molecule has 1 N–H and O–H groups in total. The number of hydrogen-bond acceptors (Lipinski definition) is 5. The van der Waals surface area contributed by atoms with Crippen LogP contribution in [-0.2, 0) is 17.8 Å². The Morgan fingerprint density at radius 3 is 2.21 bits per heavy atom. The van der Waals surface area contributed by atoms with E-state index >= 15 is 0 Å². The van der Waals surface area contributed by atoms with Gasteiger partial charge in [-0.3, -0.25) is 9.59 Å². The number of nitrogens with one attached hydrogen (secondary N) is 1. The van der Waals surface area contributed by atoms with E-state index in [1.165, 1.54) is 26.9 Å². The second-order valence-electron chi connectivity index (χ2n) is 6.89. The number of methoxy groups -OCH3 is 3. The highest BCUT2D eigenvalue weighted by Crippen LogP contribution is 2.38. The molecule has 7 heteroatoms. The van der Waals surface area contributed by atoms with Gasteiger partial charge in [0.15, 0.2) is 11.5 Å². The summed E-state index contributed by atoms with van der Waals surface area (Å²) in [4.78, 5) is 27.4. The lowest BCUT2D eigenvalue weighted by Crippen LogP contribution is -2.48. The highest BCUT2D eigenvalue weighted by atomic mass is 16.5. The number of fused-ring (bicyclic) bond motifs is 1. The Hall–Kier alpha value is -3.22. The minimum atomic E-state index is -0.660. The van der Waals surface area contributed by atoms with Crippen molar-refractivity contribution >= 4 is 11.8 Å². The van der Waals surface area contributed by atoms with E-state index in [-0.39, 0.29) is 11.8 Å². The van der Waals surface area contributed by atoms with Crippen molar-refractivity contribution in [1.82, 2.24) is 10.2 Å². The van der Waals surface area contributed by atoms with Gasteiger partial charge in [0.05, 0.1) is 21.3 Å². The van der Waals surface area contributed by atoms with E-state index in [2.05, 4.69) is 11.4 Å². The van der Waals surface area contributed by atoms with E-state index in [9.17, 15) is 9.59 Å². The molecule has 1 heterocycles. The molecular weight excluding hydrogens is 372 g/mol. The molecule has 2 aromatic carbocycles. The molecule has 1 aliphatic heterocycles. The van der Waals surface area contributed by atoms with Gasteiger partial charge < -0.3 is 24.4 Å². The molecule has 1 aliphatic rings. The van der Waals surface area contributed by atoms with E-state index in [1.807, 2.05) is 18.2 Å². The topological polar surface area (TPSA) is 77.1 Å². The second-order valence-corrected chi connectivity index (χ2v) is 6.89. The number of benzene rings is 2. The largest absolute Gasteiger partial charge is 0.493 e. The summed E-state index contributed by atoms with van der Waals surface area (Å²) in [7, 11) is 4.47. The summed E-state index contributed by atoms with van der Waals surface area (Å²) >= 11 is 0. The number of rotatable bonds is 6. The van der Waals surface area contributed by atoms with Gasteiger partial charge in [0.25, 0.3) is 5.91 Å². The van der Waals surface area contributed by atoms with Crippen LogP contribution in [0, 0.1) is 0 Å². The lowest BCUT2D eigenvalue weighted by molar-refractivity contribution is -0.133. The third kappa shape index (κ3) is 4.29. The van der Waals surface area contributed by atoms with Crippen LogP contribution in [0.4, 0.5) is 0 Å². The predicted octanol–water partition coefficient (Wildman–Crippen LogP) is 2.42. The summed E-state index contributed by atoms with van der Waals surface area (Å²) in [5.41, 5.74) is 2.74. The van der Waals surface area contributed by atoms with Crippen LogP contribution in [0.3, 0.4) is 0 Å². The highest BCUT2D eigenvalue weighted by Gasteiger charge is 2.26. The maximum absolute atomic E-state index is 12.9. The number of hydrogen-bond donors (Lipinski definition) is 1. The lowest BCUT2D eigenvalue weighted by Gasteiger charge is -2.31. The van der Waals surface area contributed by atoms with Gasteiger partial charge in [0.1, 0.15) is 6.04 Å². The molecule has 0 bridgehead atoms. The minimum Gasteiger partial charge on any atom is -0.493 e. The van der Waals surface area contributed by atoms with E-state index in [0.717, 1.165) is 12.0 Å². The zero-order valence-electron chi connectivity index (χ0n) is 17.2. The van der Waals surface area contributed by atoms with Crippen molar-refractivity contribution < 1.29 is 23.8 Å². The average molecular weight is 398 g/mol. The van der Waals surface area contributed by atoms with Crippen LogP contribution in [0.5, 0.6) is 17.2 Å². The van der Waals surface area contributed by atoms with Crippen LogP contribution < -0.4 is 19.5 Å². The van der Waals surface area contributed by atoms with Crippen LogP contribution in [-0.4, -0.2) is 50.6 Å². The first kappa shape index (κ1) is 20.5. The summed E-state index contributed by atoms with van der Waals surface area (Å²) in [6.07, 6.45) is 0.815. The van der Waals surface area contributed by atoms with Crippen molar-refractivity contribution in [2.75, 3.05) is 27.9 Å². The van der Waals surface area contributed by atoms with Crippen molar-refractivity contribution in [3.8, 4) is 17.2 Å². The number of carbonyl (C=O) groups excluding carboxylic acids is 2. The van der Waals surface area contributed by atoms with E-state index < -0.39 is 6.04 Å². The molecule has 0 saturated heterocycles. The fourth-order valence-electron chi connectivity index (χ4n) is 3.51. The first-order valence-electron chi connectivity index (χ1n) is 9.45. The summed E-state index contributed by atoms with van der Waals surface area (Å²) in [5, 5.41) is 2.78. The highest BCUT2D eigenvalue weighted by molar-refractivity contribution is 5.98. The Bertz CT molecular complexity index is 887. The maximum Gasteiger partial charge on any atom is 0.252 e. The third-order valence-corrected chi connectivity index (χ3v) is 5.09. The average Bonchev–Trinajstić information content (AvgIpc) is 2.76. The first-order chi connectivity index (χ1) is 14.0. The van der Waals surface area contributed by atoms with E-state index in [4.69, 9.17) is 14.2 Å². The Kier molecular flexibility index (Phi) is 6.26. The van der Waals surface area contributed by atoms with Crippen molar-refractivity contribution in [3.63, 3.8) is 0 Å². The van der Waals surface area contributed by atoms with Crippen LogP contribution in [0.15, 0.2) is 36.4 Å². The molecule has 0 radical (unpaired) electrons. The van der Waals surface area contributed by atoms with Crippen molar-refractivity contribution in [2.45, 2.75) is 25.9 Å². The van der Waals surface area contributed by atoms with Gasteiger partial charge >= 0.3 is 0 Å². The van der Waals surface area contributed by atoms with Crippen LogP contribution >= 0.6 is 0 Å². The minimum absolute atomic E-state index is 0.111. The molecule has 0 aliphatic carbocycles. The lowest BCUT2D eigenvalue weighted by atomic mass is 9.99. The van der Waals surface area contributed by atoms with Gasteiger partial charge in [-0.05, 0) is 36.6 Å². The number of amides is 2. The van der Waals surface area contributed by atoms with Gasteiger partial charge in [0, 0.05) is 18.7 Å². The third-order valence-electron chi connectivity index (χ3n) is 5.09. The molecule has 1 atom stereocenters. The molecule has 0 spiro atoms. The molecule has 2 amide bonds. The normalized spacial score (nSPS) is 13.9. The zero-order chi connectivity index (χ0) is 21.0. The van der Waals surface area contributed by atoms with Crippen LogP contribution in [0.1, 0.15) is 28.4 Å². The monoisotopic (exact) mass is 398 g/mol. The fourth-order valence-corrected chi connectivity index (χ4v) is 3.51. The molecular formula is C22H26N2O5. The van der Waals surface area contributed by atoms with Crippen LogP contribution in [0.2, 0.25) is 0 Å². The van der Waals surface area contributed by atoms with Gasteiger partial charge in [-0.25, -0.2) is 0 Å². The predicted molar refractivity (Wildman–Crippen MR) is 109 cm³/mol. The van der Waals surface area contributed by atoms with Gasteiger partial charge in [-0.2, -0.15) is 0 Å². The van der Waals surface area contributed by atoms with Crippen molar-refractivity contribution in [1.29, 1.82) is 0 Å². The summed E-state index contributed by atoms with van der Waals surface area (Å²) < 4.78 is 15.9. The Morgan fingerprint density at radius 1 is 1.00 bits per heavy atom. The van der Waals surface area contributed by atoms with Gasteiger partial charge in [0.2, 0.25) is 11.7 Å². The fraction of sp³-hybridized carbons (Fsp3) is 0.364. The molecule has 0 unspecified atom stereocenters.